The Morgan fingerprint density at radius 1 is 1.25 bits per heavy atom. The highest BCUT2D eigenvalue weighted by Gasteiger charge is 2.28. The molecule has 28 heavy (non-hydrogen) atoms. The molecule has 1 aromatic carbocycles. The number of amides is 2. The van der Waals surface area contributed by atoms with Crippen molar-refractivity contribution in [2.75, 3.05) is 18.1 Å². The van der Waals surface area contributed by atoms with E-state index in [1.165, 1.54) is 24.8 Å². The molecule has 1 aromatic rings. The van der Waals surface area contributed by atoms with Gasteiger partial charge in [0.2, 0.25) is 5.91 Å². The van der Waals surface area contributed by atoms with Gasteiger partial charge < -0.3 is 15.0 Å². The van der Waals surface area contributed by atoms with Gasteiger partial charge in [0.15, 0.2) is 6.61 Å². The third-order valence-electron chi connectivity index (χ3n) is 6.32. The molecule has 1 aliphatic carbocycles. The fourth-order valence-corrected chi connectivity index (χ4v) is 4.02. The monoisotopic (exact) mass is 386 g/mol. The van der Waals surface area contributed by atoms with Gasteiger partial charge in [-0.3, -0.25) is 9.59 Å². The molecule has 0 radical (unpaired) electrons. The molecule has 0 spiro atoms. The number of anilines is 1. The van der Waals surface area contributed by atoms with Crippen LogP contribution in [-0.2, 0) is 15.0 Å². The number of rotatable bonds is 7. The molecule has 1 saturated carbocycles. The van der Waals surface area contributed by atoms with Crippen LogP contribution < -0.4 is 15.0 Å². The molecule has 1 fully saturated rings. The summed E-state index contributed by atoms with van der Waals surface area (Å²) >= 11 is 0. The zero-order valence-electron chi connectivity index (χ0n) is 17.6. The van der Waals surface area contributed by atoms with Gasteiger partial charge in [-0.05, 0) is 48.8 Å². The van der Waals surface area contributed by atoms with Crippen molar-refractivity contribution in [3.63, 3.8) is 0 Å². The van der Waals surface area contributed by atoms with E-state index in [0.717, 1.165) is 30.7 Å². The maximum atomic E-state index is 12.5. The van der Waals surface area contributed by atoms with E-state index in [4.69, 9.17) is 4.74 Å². The number of fused-ring (bicyclic) bond motifs is 1. The molecule has 0 aromatic heterocycles. The second-order valence-corrected chi connectivity index (χ2v) is 8.76. The molecule has 0 unspecified atom stereocenters. The molecule has 0 bridgehead atoms. The Kier molecular flexibility index (Phi) is 6.63. The molecule has 154 valence electrons. The molecule has 1 aliphatic heterocycles. The fraction of sp³-hybridized carbons (Fsp3) is 0.652. The van der Waals surface area contributed by atoms with Gasteiger partial charge in [-0.1, -0.05) is 46.1 Å². The van der Waals surface area contributed by atoms with E-state index < -0.39 is 0 Å². The molecule has 3 rings (SSSR count). The van der Waals surface area contributed by atoms with Crippen LogP contribution >= 0.6 is 0 Å². The number of ether oxygens (including phenoxy) is 1. The van der Waals surface area contributed by atoms with Crippen molar-refractivity contribution >= 4 is 17.5 Å². The Bertz CT molecular complexity index is 708. The first-order valence-corrected chi connectivity index (χ1v) is 10.8. The predicted molar refractivity (Wildman–Crippen MR) is 112 cm³/mol. The van der Waals surface area contributed by atoms with Gasteiger partial charge in [-0.25, -0.2) is 0 Å². The lowest BCUT2D eigenvalue weighted by atomic mass is 9.82. The molecule has 2 aliphatic rings. The molecule has 0 atom stereocenters. The highest BCUT2D eigenvalue weighted by Crippen LogP contribution is 2.37. The zero-order chi connectivity index (χ0) is 20.1. The van der Waals surface area contributed by atoms with Crippen molar-refractivity contribution in [1.82, 2.24) is 5.32 Å². The first-order chi connectivity index (χ1) is 13.4. The summed E-state index contributed by atoms with van der Waals surface area (Å²) in [6.45, 7) is 7.20. The Balaban J connectivity index is 1.61. The highest BCUT2D eigenvalue weighted by atomic mass is 16.5. The van der Waals surface area contributed by atoms with Crippen molar-refractivity contribution < 1.29 is 14.3 Å². The van der Waals surface area contributed by atoms with E-state index in [0.29, 0.717) is 25.4 Å². The maximum Gasteiger partial charge on any atom is 0.265 e. The van der Waals surface area contributed by atoms with Crippen molar-refractivity contribution in [3.05, 3.63) is 23.8 Å². The molecule has 1 heterocycles. The van der Waals surface area contributed by atoms with Crippen LogP contribution in [-0.4, -0.2) is 31.0 Å². The standard InChI is InChI=1S/C23H34N2O3/c1-4-23(2,3)17-12-13-20-19(15-17)25(22(27)16-28-20)14-8-11-21(26)24-18-9-6-5-7-10-18/h12-13,15,18H,4-11,14,16H2,1-3H3,(H,24,26). The lowest BCUT2D eigenvalue weighted by Gasteiger charge is -2.32. The summed E-state index contributed by atoms with van der Waals surface area (Å²) in [7, 11) is 0. The van der Waals surface area contributed by atoms with Crippen LogP contribution in [0.5, 0.6) is 5.75 Å². The van der Waals surface area contributed by atoms with Gasteiger partial charge in [0.25, 0.3) is 5.91 Å². The largest absolute Gasteiger partial charge is 0.482 e. The summed E-state index contributed by atoms with van der Waals surface area (Å²) in [5.74, 6) is 0.822. The van der Waals surface area contributed by atoms with Gasteiger partial charge in [-0.2, -0.15) is 0 Å². The van der Waals surface area contributed by atoms with Crippen molar-refractivity contribution in [3.8, 4) is 5.75 Å². The van der Waals surface area contributed by atoms with Crippen LogP contribution in [0.15, 0.2) is 18.2 Å². The second kappa shape index (κ2) is 8.97. The smallest absolute Gasteiger partial charge is 0.265 e. The highest BCUT2D eigenvalue weighted by molar-refractivity contribution is 5.98. The lowest BCUT2D eigenvalue weighted by molar-refractivity contribution is -0.123. The van der Waals surface area contributed by atoms with Gasteiger partial charge >= 0.3 is 0 Å². The van der Waals surface area contributed by atoms with E-state index >= 15 is 0 Å². The molecule has 5 heteroatoms. The summed E-state index contributed by atoms with van der Waals surface area (Å²) in [5.41, 5.74) is 2.08. The number of carbonyl (C=O) groups excluding carboxylic acids is 2. The third-order valence-corrected chi connectivity index (χ3v) is 6.32. The Morgan fingerprint density at radius 2 is 2.00 bits per heavy atom. The normalized spacial score (nSPS) is 17.8. The Labute approximate surface area is 168 Å². The average Bonchev–Trinajstić information content (AvgIpc) is 2.70. The van der Waals surface area contributed by atoms with Crippen LogP contribution in [0.3, 0.4) is 0 Å². The number of hydrogen-bond acceptors (Lipinski definition) is 3. The Morgan fingerprint density at radius 3 is 2.71 bits per heavy atom. The van der Waals surface area contributed by atoms with Crippen LogP contribution in [0.2, 0.25) is 0 Å². The van der Waals surface area contributed by atoms with E-state index in [1.54, 1.807) is 4.90 Å². The molecular formula is C23H34N2O3. The van der Waals surface area contributed by atoms with Crippen molar-refractivity contribution in [2.45, 2.75) is 83.6 Å². The second-order valence-electron chi connectivity index (χ2n) is 8.76. The van der Waals surface area contributed by atoms with Crippen LogP contribution in [0.4, 0.5) is 5.69 Å². The number of nitrogens with one attached hydrogen (secondary N) is 1. The molecule has 0 saturated heterocycles. The van der Waals surface area contributed by atoms with Gasteiger partial charge in [0.1, 0.15) is 5.75 Å². The zero-order valence-corrected chi connectivity index (χ0v) is 17.6. The minimum atomic E-state index is -0.0355. The number of hydrogen-bond donors (Lipinski definition) is 1. The first-order valence-electron chi connectivity index (χ1n) is 10.8. The summed E-state index contributed by atoms with van der Waals surface area (Å²) in [5, 5.41) is 3.16. The fourth-order valence-electron chi connectivity index (χ4n) is 4.02. The van der Waals surface area contributed by atoms with Gasteiger partial charge in [0.05, 0.1) is 5.69 Å². The molecule has 1 N–H and O–H groups in total. The third kappa shape index (κ3) is 4.86. The first kappa shape index (κ1) is 20.7. The summed E-state index contributed by atoms with van der Waals surface area (Å²) < 4.78 is 5.62. The van der Waals surface area contributed by atoms with E-state index in [-0.39, 0.29) is 23.8 Å². The number of carbonyl (C=O) groups is 2. The summed E-state index contributed by atoms with van der Waals surface area (Å²) in [6.07, 6.45) is 8.01. The molecular weight excluding hydrogens is 352 g/mol. The van der Waals surface area contributed by atoms with E-state index in [2.05, 4.69) is 38.2 Å². The average molecular weight is 387 g/mol. The quantitative estimate of drug-likeness (QED) is 0.759. The van der Waals surface area contributed by atoms with Crippen molar-refractivity contribution in [1.29, 1.82) is 0 Å². The topological polar surface area (TPSA) is 58.6 Å². The minimum absolute atomic E-state index is 0.0355. The molecule has 2 amide bonds. The number of benzene rings is 1. The van der Waals surface area contributed by atoms with Crippen LogP contribution in [0, 0.1) is 0 Å². The van der Waals surface area contributed by atoms with Crippen LogP contribution in [0.1, 0.15) is 77.7 Å². The number of nitrogens with zero attached hydrogens (tertiary/aromatic N) is 1. The van der Waals surface area contributed by atoms with Crippen molar-refractivity contribution in [2.24, 2.45) is 0 Å². The van der Waals surface area contributed by atoms with Crippen LogP contribution in [0.25, 0.3) is 0 Å². The van der Waals surface area contributed by atoms with Gasteiger partial charge in [0, 0.05) is 19.0 Å². The van der Waals surface area contributed by atoms with E-state index in [1.807, 2.05) is 6.07 Å². The summed E-state index contributed by atoms with van der Waals surface area (Å²) in [4.78, 5) is 26.5. The SMILES string of the molecule is CCC(C)(C)c1ccc2c(c1)N(CCCC(=O)NC1CCCCC1)C(=O)CO2. The minimum Gasteiger partial charge on any atom is -0.482 e. The van der Waals surface area contributed by atoms with E-state index in [9.17, 15) is 9.59 Å². The lowest BCUT2D eigenvalue weighted by Crippen LogP contribution is -2.40. The maximum absolute atomic E-state index is 12.5. The Hall–Kier alpha value is -2.04. The summed E-state index contributed by atoms with van der Waals surface area (Å²) in [6, 6.07) is 6.48. The molecule has 5 nitrogen and oxygen atoms in total. The predicted octanol–water partition coefficient (Wildman–Crippen LogP) is 4.33. The van der Waals surface area contributed by atoms with Gasteiger partial charge in [-0.15, -0.1) is 0 Å².